The summed E-state index contributed by atoms with van der Waals surface area (Å²) in [4.78, 5) is 4.75. The van der Waals surface area contributed by atoms with Gasteiger partial charge < -0.3 is 0 Å². The second-order valence-corrected chi connectivity index (χ2v) is 6.12. The van der Waals surface area contributed by atoms with Crippen LogP contribution in [0, 0.1) is 11.8 Å². The number of nitrogens with zero attached hydrogens (tertiary/aromatic N) is 3. The zero-order valence-electron chi connectivity index (χ0n) is 10.2. The highest BCUT2D eigenvalue weighted by molar-refractivity contribution is 6.29. The summed E-state index contributed by atoms with van der Waals surface area (Å²) in [6.07, 6.45) is 8.65. The lowest BCUT2D eigenvalue weighted by Gasteiger charge is -2.42. The van der Waals surface area contributed by atoms with E-state index < -0.39 is 0 Å². The Morgan fingerprint density at radius 3 is 2.78 bits per heavy atom. The molecule has 0 aliphatic heterocycles. The van der Waals surface area contributed by atoms with Crippen LogP contribution in [0.1, 0.15) is 43.7 Å². The first-order chi connectivity index (χ1) is 8.81. The third-order valence-electron chi connectivity index (χ3n) is 4.76. The number of hydrogen-bond donors (Lipinski definition) is 0. The van der Waals surface area contributed by atoms with E-state index in [2.05, 4.69) is 5.10 Å². The van der Waals surface area contributed by atoms with Gasteiger partial charge in [-0.2, -0.15) is 5.10 Å². The molecule has 0 aromatic carbocycles. The highest BCUT2D eigenvalue weighted by atomic mass is 35.5. The van der Waals surface area contributed by atoms with Gasteiger partial charge in [-0.1, -0.05) is 24.4 Å². The topological polar surface area (TPSA) is 30.2 Å². The average Bonchev–Trinajstić information content (AvgIpc) is 2.89. The van der Waals surface area contributed by atoms with Gasteiger partial charge in [-0.15, -0.1) is 0 Å². The summed E-state index contributed by atoms with van der Waals surface area (Å²) in [5.41, 5.74) is 2.06. The molecule has 4 heteroatoms. The van der Waals surface area contributed by atoms with Crippen molar-refractivity contribution in [2.45, 2.75) is 38.0 Å². The molecule has 5 rings (SSSR count). The number of hydrogen-bond acceptors (Lipinski definition) is 2. The van der Waals surface area contributed by atoms with E-state index in [-0.39, 0.29) is 0 Å². The first-order valence-electron chi connectivity index (χ1n) is 6.81. The molecule has 0 radical (unpaired) electrons. The monoisotopic (exact) mass is 261 g/mol. The molecular formula is C14H16ClN3. The Balaban J connectivity index is 1.78. The van der Waals surface area contributed by atoms with E-state index in [9.17, 15) is 0 Å². The number of fused-ring (bicyclic) bond motifs is 4. The zero-order chi connectivity index (χ0) is 12.1. The second kappa shape index (κ2) is 3.95. The maximum absolute atomic E-state index is 6.29. The van der Waals surface area contributed by atoms with E-state index in [1.807, 2.05) is 12.1 Å². The van der Waals surface area contributed by atoms with Gasteiger partial charge in [-0.25, -0.2) is 9.50 Å². The van der Waals surface area contributed by atoms with Crippen LogP contribution in [-0.2, 0) is 0 Å². The predicted octanol–water partition coefficient (Wildman–Crippen LogP) is 3.68. The van der Waals surface area contributed by atoms with Crippen molar-refractivity contribution in [3.8, 4) is 0 Å². The molecule has 0 saturated heterocycles. The van der Waals surface area contributed by atoms with Crippen LogP contribution < -0.4 is 0 Å². The van der Waals surface area contributed by atoms with Crippen molar-refractivity contribution in [1.29, 1.82) is 0 Å². The van der Waals surface area contributed by atoms with E-state index >= 15 is 0 Å². The Morgan fingerprint density at radius 2 is 2.06 bits per heavy atom. The molecular weight excluding hydrogens is 246 g/mol. The van der Waals surface area contributed by atoms with Crippen LogP contribution in [-0.4, -0.2) is 14.6 Å². The van der Waals surface area contributed by atoms with Gasteiger partial charge in [0.1, 0.15) is 5.15 Å². The first kappa shape index (κ1) is 10.8. The van der Waals surface area contributed by atoms with Crippen molar-refractivity contribution >= 4 is 17.2 Å². The fourth-order valence-corrected chi connectivity index (χ4v) is 4.07. The van der Waals surface area contributed by atoms with E-state index in [1.165, 1.54) is 37.8 Å². The normalized spacial score (nSPS) is 31.1. The van der Waals surface area contributed by atoms with Gasteiger partial charge in [0.05, 0.1) is 6.20 Å². The third-order valence-corrected chi connectivity index (χ3v) is 5.03. The predicted molar refractivity (Wildman–Crippen MR) is 70.8 cm³/mol. The molecule has 2 bridgehead atoms. The highest BCUT2D eigenvalue weighted by Gasteiger charge is 2.37. The van der Waals surface area contributed by atoms with Crippen molar-refractivity contribution in [3.05, 3.63) is 29.2 Å². The van der Waals surface area contributed by atoms with Gasteiger partial charge in [0.15, 0.2) is 5.65 Å². The molecule has 3 fully saturated rings. The third kappa shape index (κ3) is 1.57. The quantitative estimate of drug-likeness (QED) is 0.733. The van der Waals surface area contributed by atoms with Crippen LogP contribution >= 0.6 is 11.6 Å². The van der Waals surface area contributed by atoms with Gasteiger partial charge in [0.25, 0.3) is 0 Å². The van der Waals surface area contributed by atoms with Crippen molar-refractivity contribution in [1.82, 2.24) is 14.6 Å². The maximum Gasteiger partial charge on any atom is 0.156 e. The molecule has 2 heterocycles. The Hall–Kier alpha value is -1.09. The van der Waals surface area contributed by atoms with Crippen LogP contribution in [0.3, 0.4) is 0 Å². The van der Waals surface area contributed by atoms with E-state index in [4.69, 9.17) is 16.6 Å². The second-order valence-electron chi connectivity index (χ2n) is 5.73. The molecule has 0 spiro atoms. The summed E-state index contributed by atoms with van der Waals surface area (Å²) < 4.78 is 1.70. The smallest absolute Gasteiger partial charge is 0.156 e. The van der Waals surface area contributed by atoms with Crippen LogP contribution in [0.5, 0.6) is 0 Å². The summed E-state index contributed by atoms with van der Waals surface area (Å²) in [6, 6.07) is 3.95. The van der Waals surface area contributed by atoms with Gasteiger partial charge >= 0.3 is 0 Å². The van der Waals surface area contributed by atoms with Crippen LogP contribution in [0.4, 0.5) is 0 Å². The summed E-state index contributed by atoms with van der Waals surface area (Å²) in [7, 11) is 0. The molecule has 3 aliphatic rings. The van der Waals surface area contributed by atoms with Crippen molar-refractivity contribution < 1.29 is 0 Å². The summed E-state index contributed by atoms with van der Waals surface area (Å²) >= 11 is 6.29. The lowest BCUT2D eigenvalue weighted by atomic mass is 9.64. The average molecular weight is 262 g/mol. The minimum absolute atomic E-state index is 0.620. The zero-order valence-corrected chi connectivity index (χ0v) is 11.0. The van der Waals surface area contributed by atoms with Gasteiger partial charge in [-0.3, -0.25) is 0 Å². The molecule has 2 aromatic rings. The maximum atomic E-state index is 6.29. The van der Waals surface area contributed by atoms with E-state index in [1.54, 1.807) is 10.7 Å². The molecule has 3 aliphatic carbocycles. The molecule has 2 aromatic heterocycles. The largest absolute Gasteiger partial charge is 0.233 e. The number of aromatic nitrogens is 3. The van der Waals surface area contributed by atoms with Crippen molar-refractivity contribution in [2.24, 2.45) is 11.8 Å². The fourth-order valence-electron chi connectivity index (χ4n) is 3.82. The molecule has 0 amide bonds. The van der Waals surface area contributed by atoms with Crippen molar-refractivity contribution in [3.63, 3.8) is 0 Å². The van der Waals surface area contributed by atoms with Gasteiger partial charge in [-0.05, 0) is 37.2 Å². The van der Waals surface area contributed by atoms with Crippen molar-refractivity contribution in [2.75, 3.05) is 0 Å². The Kier molecular flexibility index (Phi) is 2.37. The number of halogens is 1. The van der Waals surface area contributed by atoms with Crippen LogP contribution in [0.2, 0.25) is 5.15 Å². The molecule has 1 unspecified atom stereocenters. The molecule has 3 nitrogen and oxygen atoms in total. The molecule has 0 N–H and O–H groups in total. The Bertz CT molecular complexity index is 584. The Labute approximate surface area is 111 Å². The fraction of sp³-hybridized carbons (Fsp3) is 0.571. The lowest BCUT2D eigenvalue weighted by molar-refractivity contribution is 0.142. The lowest BCUT2D eigenvalue weighted by Crippen LogP contribution is -2.30. The van der Waals surface area contributed by atoms with Crippen LogP contribution in [0.15, 0.2) is 18.3 Å². The summed E-state index contributed by atoms with van der Waals surface area (Å²) in [5.74, 6) is 2.36. The molecule has 1 atom stereocenters. The molecule has 3 saturated carbocycles. The van der Waals surface area contributed by atoms with E-state index in [0.717, 1.165) is 17.5 Å². The van der Waals surface area contributed by atoms with Crippen LogP contribution in [0.25, 0.3) is 5.65 Å². The SMILES string of the molecule is Clc1cc(C2CC3CCC2CC3)nc2ccnn12. The van der Waals surface area contributed by atoms with Gasteiger partial charge in [0.2, 0.25) is 0 Å². The highest BCUT2D eigenvalue weighted by Crippen LogP contribution is 2.49. The molecule has 94 valence electrons. The summed E-state index contributed by atoms with van der Waals surface area (Å²) in [6.45, 7) is 0. The Morgan fingerprint density at radius 1 is 1.22 bits per heavy atom. The summed E-state index contributed by atoms with van der Waals surface area (Å²) in [5, 5.41) is 4.86. The standard InChI is InChI=1S/C14H16ClN3/c15-13-8-12(17-14-5-6-16-18(13)14)11-7-9-1-3-10(11)4-2-9/h5-6,8-11H,1-4,7H2. The number of rotatable bonds is 1. The minimum atomic E-state index is 0.620. The minimum Gasteiger partial charge on any atom is -0.233 e. The van der Waals surface area contributed by atoms with Gasteiger partial charge in [0, 0.05) is 17.7 Å². The first-order valence-corrected chi connectivity index (χ1v) is 7.19. The van der Waals surface area contributed by atoms with E-state index in [0.29, 0.717) is 11.1 Å². The molecule has 18 heavy (non-hydrogen) atoms.